The van der Waals surface area contributed by atoms with Gasteiger partial charge in [-0.1, -0.05) is 30.3 Å². The largest absolute Gasteiger partial charge is 0.445 e. The van der Waals surface area contributed by atoms with Gasteiger partial charge >= 0.3 is 6.09 Å². The van der Waals surface area contributed by atoms with E-state index in [0.29, 0.717) is 32.5 Å². The summed E-state index contributed by atoms with van der Waals surface area (Å²) in [5.74, 6) is 0.187. The van der Waals surface area contributed by atoms with Crippen LogP contribution >= 0.6 is 12.4 Å². The average Bonchev–Trinajstić information content (AvgIpc) is 2.77. The number of ether oxygens (including phenoxy) is 1. The molecule has 24 heavy (non-hydrogen) atoms. The molecule has 0 aliphatic carbocycles. The summed E-state index contributed by atoms with van der Waals surface area (Å²) >= 11 is 0. The predicted molar refractivity (Wildman–Crippen MR) is 94.0 cm³/mol. The molecule has 0 bridgehead atoms. The molecule has 2 aliphatic heterocycles. The summed E-state index contributed by atoms with van der Waals surface area (Å²) < 4.78 is 29.7. The van der Waals surface area contributed by atoms with Crippen molar-refractivity contribution in [2.75, 3.05) is 25.4 Å². The number of hydrogen-bond acceptors (Lipinski definition) is 5. The first kappa shape index (κ1) is 19.0. The van der Waals surface area contributed by atoms with Gasteiger partial charge in [-0.05, 0) is 18.4 Å². The molecule has 2 fully saturated rings. The molecule has 0 aromatic heterocycles. The van der Waals surface area contributed by atoms with Crippen LogP contribution < -0.4 is 5.32 Å². The molecule has 0 spiro atoms. The lowest BCUT2D eigenvalue weighted by Crippen LogP contribution is -2.52. The third-order valence-corrected chi connectivity index (χ3v) is 6.82. The number of benzene rings is 1. The summed E-state index contributed by atoms with van der Waals surface area (Å²) in [6.45, 7) is 1.69. The van der Waals surface area contributed by atoms with Crippen LogP contribution in [0.3, 0.4) is 0 Å². The van der Waals surface area contributed by atoms with Crippen LogP contribution in [0.15, 0.2) is 30.3 Å². The first-order valence-corrected chi connectivity index (χ1v) is 9.68. The zero-order valence-corrected chi connectivity index (χ0v) is 15.0. The minimum atomic E-state index is -3.05. The summed E-state index contributed by atoms with van der Waals surface area (Å²) in [6.07, 6.45) is 0.745. The van der Waals surface area contributed by atoms with E-state index in [4.69, 9.17) is 4.74 Å². The number of fused-ring (bicyclic) bond motifs is 1. The Bertz CT molecular complexity index is 653. The van der Waals surface area contributed by atoms with Gasteiger partial charge < -0.3 is 15.0 Å². The van der Waals surface area contributed by atoms with Crippen LogP contribution in [0.4, 0.5) is 4.79 Å². The van der Waals surface area contributed by atoms with Gasteiger partial charge in [0, 0.05) is 25.7 Å². The van der Waals surface area contributed by atoms with E-state index < -0.39 is 9.84 Å². The Morgan fingerprint density at radius 3 is 2.67 bits per heavy atom. The topological polar surface area (TPSA) is 75.7 Å². The molecule has 2 aliphatic rings. The number of sulfone groups is 1. The lowest BCUT2D eigenvalue weighted by atomic mass is 10.1. The Labute approximate surface area is 148 Å². The van der Waals surface area contributed by atoms with Crippen LogP contribution in [0.25, 0.3) is 0 Å². The number of nitrogens with one attached hydrogen (secondary N) is 1. The molecule has 134 valence electrons. The van der Waals surface area contributed by atoms with E-state index in [1.54, 1.807) is 4.90 Å². The molecule has 0 radical (unpaired) electrons. The quantitative estimate of drug-likeness (QED) is 0.850. The molecule has 2 atom stereocenters. The second kappa shape index (κ2) is 8.18. The molecule has 8 heteroatoms. The third kappa shape index (κ3) is 4.40. The number of carbonyl (C=O) groups excluding carboxylic acids is 1. The number of amides is 1. The molecule has 3 rings (SSSR count). The number of carbonyl (C=O) groups is 1. The smallest absolute Gasteiger partial charge is 0.410 e. The van der Waals surface area contributed by atoms with Gasteiger partial charge in [0.05, 0.1) is 11.0 Å². The van der Waals surface area contributed by atoms with Gasteiger partial charge in [-0.2, -0.15) is 0 Å². The molecule has 1 N–H and O–H groups in total. The van der Waals surface area contributed by atoms with Gasteiger partial charge in [0.1, 0.15) is 6.61 Å². The molecule has 2 saturated heterocycles. The second-order valence-electron chi connectivity index (χ2n) is 6.07. The minimum absolute atomic E-state index is 0. The van der Waals surface area contributed by atoms with Crippen LogP contribution in [0.2, 0.25) is 0 Å². The first-order chi connectivity index (χ1) is 11.1. The van der Waals surface area contributed by atoms with E-state index in [1.807, 2.05) is 30.3 Å². The molecule has 6 nitrogen and oxygen atoms in total. The molecule has 2 heterocycles. The lowest BCUT2D eigenvalue weighted by Gasteiger charge is -2.30. The summed E-state index contributed by atoms with van der Waals surface area (Å²) in [7, 11) is -3.05. The van der Waals surface area contributed by atoms with Crippen molar-refractivity contribution in [2.45, 2.75) is 30.7 Å². The fraction of sp³-hybridized carbons (Fsp3) is 0.562. The van der Waals surface area contributed by atoms with Crippen LogP contribution in [-0.4, -0.2) is 56.1 Å². The van der Waals surface area contributed by atoms with Crippen LogP contribution in [0.1, 0.15) is 18.4 Å². The molecule has 1 aromatic carbocycles. The van der Waals surface area contributed by atoms with Gasteiger partial charge in [-0.3, -0.25) is 0 Å². The Morgan fingerprint density at radius 2 is 1.92 bits per heavy atom. The van der Waals surface area contributed by atoms with Crippen LogP contribution in [-0.2, 0) is 21.2 Å². The Hall–Kier alpha value is -1.31. The molecule has 1 amide bonds. The number of rotatable bonds is 2. The van der Waals surface area contributed by atoms with Crippen molar-refractivity contribution in [1.29, 1.82) is 0 Å². The van der Waals surface area contributed by atoms with Gasteiger partial charge in [0.25, 0.3) is 0 Å². The number of nitrogens with zero attached hydrogens (tertiary/aromatic N) is 1. The molecule has 1 aromatic rings. The summed E-state index contributed by atoms with van der Waals surface area (Å²) in [4.78, 5) is 13.8. The zero-order valence-electron chi connectivity index (χ0n) is 13.4. The zero-order chi connectivity index (χ0) is 16.3. The van der Waals surface area contributed by atoms with Gasteiger partial charge in [-0.25, -0.2) is 13.2 Å². The maximum Gasteiger partial charge on any atom is 0.410 e. The molecular formula is C16H23ClN2O4S. The predicted octanol–water partition coefficient (Wildman–Crippen LogP) is 1.60. The highest BCUT2D eigenvalue weighted by atomic mass is 35.5. The fourth-order valence-corrected chi connectivity index (χ4v) is 5.17. The maximum absolute atomic E-state index is 12.2. The number of hydrogen-bond donors (Lipinski definition) is 1. The molecule has 0 saturated carbocycles. The van der Waals surface area contributed by atoms with E-state index in [2.05, 4.69) is 5.32 Å². The van der Waals surface area contributed by atoms with Crippen LogP contribution in [0.5, 0.6) is 0 Å². The van der Waals surface area contributed by atoms with E-state index in [-0.39, 0.29) is 42.2 Å². The normalized spacial score (nSPS) is 25.8. The van der Waals surface area contributed by atoms with Gasteiger partial charge in [0.2, 0.25) is 0 Å². The van der Waals surface area contributed by atoms with Gasteiger partial charge in [-0.15, -0.1) is 12.4 Å². The summed E-state index contributed by atoms with van der Waals surface area (Å²) in [5.41, 5.74) is 0.939. The second-order valence-corrected chi connectivity index (χ2v) is 8.41. The Kier molecular flexibility index (Phi) is 6.48. The maximum atomic E-state index is 12.2. The SMILES string of the molecule is Cl.O=C(OCc1ccccc1)N1CC[C@H]2NCCS(=O)(=O)[C@H]2CC1. The minimum Gasteiger partial charge on any atom is -0.445 e. The highest BCUT2D eigenvalue weighted by Crippen LogP contribution is 2.22. The Morgan fingerprint density at radius 1 is 1.21 bits per heavy atom. The van der Waals surface area contributed by atoms with Gasteiger partial charge in [0.15, 0.2) is 9.84 Å². The molecule has 0 unspecified atom stereocenters. The van der Waals surface area contributed by atoms with E-state index in [9.17, 15) is 13.2 Å². The van der Waals surface area contributed by atoms with E-state index in [0.717, 1.165) is 5.56 Å². The van der Waals surface area contributed by atoms with E-state index in [1.165, 1.54) is 0 Å². The average molecular weight is 375 g/mol. The monoisotopic (exact) mass is 374 g/mol. The first-order valence-electron chi connectivity index (χ1n) is 7.97. The van der Waals surface area contributed by atoms with E-state index >= 15 is 0 Å². The fourth-order valence-electron chi connectivity index (χ4n) is 3.27. The van der Waals surface area contributed by atoms with Crippen molar-refractivity contribution in [1.82, 2.24) is 10.2 Å². The number of likely N-dealkylation sites (tertiary alicyclic amines) is 1. The Balaban J connectivity index is 0.00000208. The van der Waals surface area contributed by atoms with Crippen molar-refractivity contribution < 1.29 is 17.9 Å². The van der Waals surface area contributed by atoms with Crippen molar-refractivity contribution in [3.8, 4) is 0 Å². The third-order valence-electron chi connectivity index (χ3n) is 4.56. The highest BCUT2D eigenvalue weighted by molar-refractivity contribution is 7.92. The van der Waals surface area contributed by atoms with Crippen molar-refractivity contribution in [3.63, 3.8) is 0 Å². The van der Waals surface area contributed by atoms with Crippen molar-refractivity contribution >= 4 is 28.3 Å². The number of halogens is 1. The standard InChI is InChI=1S/C16H22N2O4S.ClH/c19-16(22-12-13-4-2-1-3-5-13)18-9-6-14-15(7-10-18)23(20,21)11-8-17-14;/h1-5,14-15,17H,6-12H2;1H/t14-,15+;/m1./s1. The van der Waals surface area contributed by atoms with Crippen molar-refractivity contribution in [2.24, 2.45) is 0 Å². The molecular weight excluding hydrogens is 352 g/mol. The summed E-state index contributed by atoms with van der Waals surface area (Å²) in [5, 5.41) is 2.89. The van der Waals surface area contributed by atoms with Crippen molar-refractivity contribution in [3.05, 3.63) is 35.9 Å². The lowest BCUT2D eigenvalue weighted by molar-refractivity contribution is 0.0972. The van der Waals surface area contributed by atoms with Crippen LogP contribution in [0, 0.1) is 0 Å². The summed E-state index contributed by atoms with van der Waals surface area (Å²) in [6, 6.07) is 9.46. The highest BCUT2D eigenvalue weighted by Gasteiger charge is 2.39.